The normalized spacial score (nSPS) is 21.5. The zero-order valence-electron chi connectivity index (χ0n) is 24.4. The van der Waals surface area contributed by atoms with Gasteiger partial charge in [0.15, 0.2) is 5.82 Å². The molecule has 1 saturated heterocycles. The van der Waals surface area contributed by atoms with Gasteiger partial charge in [0.05, 0.1) is 37.7 Å². The summed E-state index contributed by atoms with van der Waals surface area (Å²) < 4.78 is 28.0. The molecule has 44 heavy (non-hydrogen) atoms. The molecular weight excluding hydrogens is 558 g/mol. The Hall–Kier alpha value is -4.61. The molecule has 4 atom stereocenters. The summed E-state index contributed by atoms with van der Waals surface area (Å²) in [5.41, 5.74) is 15.0. The Morgan fingerprint density at radius 2 is 1.50 bits per heavy atom. The summed E-state index contributed by atoms with van der Waals surface area (Å²) in [6.07, 6.45) is -0.520. The number of nitrogen functional groups attached to an aromatic ring is 1. The highest BCUT2D eigenvalue weighted by Gasteiger charge is 2.57. The molecule has 3 heterocycles. The van der Waals surface area contributed by atoms with Crippen LogP contribution in [0, 0.1) is 0 Å². The van der Waals surface area contributed by atoms with Crippen LogP contribution in [0.2, 0.25) is 0 Å². The van der Waals surface area contributed by atoms with Crippen molar-refractivity contribution in [1.82, 2.24) is 14.6 Å². The van der Waals surface area contributed by atoms with Crippen LogP contribution in [-0.4, -0.2) is 44.9 Å². The van der Waals surface area contributed by atoms with Crippen molar-refractivity contribution in [3.8, 4) is 0 Å². The number of fused-ring (bicyclic) bond motifs is 1. The van der Waals surface area contributed by atoms with Gasteiger partial charge in [-0.2, -0.15) is 5.10 Å². The lowest BCUT2D eigenvalue weighted by Gasteiger charge is -2.35. The van der Waals surface area contributed by atoms with Gasteiger partial charge in [-0.15, -0.1) is 0 Å². The highest BCUT2D eigenvalue weighted by Crippen LogP contribution is 2.47. The third-order valence-electron chi connectivity index (χ3n) is 7.94. The summed E-state index contributed by atoms with van der Waals surface area (Å²) in [5, 5.41) is 4.43. The fourth-order valence-corrected chi connectivity index (χ4v) is 5.73. The molecule has 0 spiro atoms. The number of hydrogen-bond donors (Lipinski definition) is 2. The second-order valence-electron chi connectivity index (χ2n) is 11.0. The third-order valence-corrected chi connectivity index (χ3v) is 7.94. The maximum absolute atomic E-state index is 12.5. The first-order chi connectivity index (χ1) is 21.4. The Kier molecular flexibility index (Phi) is 8.67. The SMILES string of the molecule is C[C@@]1(OCc2ccccc2)[C@H](OCc2ccccc2)[C@@H](COCc2ccccc2)O[C@H]1c1cc(C(N)=O)c2c(N)ncnn12. The number of amides is 1. The molecule has 0 saturated carbocycles. The average Bonchev–Trinajstić information content (AvgIpc) is 3.57. The second-order valence-corrected chi connectivity index (χ2v) is 11.0. The van der Waals surface area contributed by atoms with Crippen LogP contribution in [0.5, 0.6) is 0 Å². The van der Waals surface area contributed by atoms with E-state index in [0.717, 1.165) is 16.7 Å². The third kappa shape index (κ3) is 6.06. The minimum atomic E-state index is -1.06. The quantitative estimate of drug-likeness (QED) is 0.214. The van der Waals surface area contributed by atoms with Crippen LogP contribution in [0.15, 0.2) is 103 Å². The zero-order valence-corrected chi connectivity index (χ0v) is 24.4. The Morgan fingerprint density at radius 1 is 0.909 bits per heavy atom. The lowest BCUT2D eigenvalue weighted by Crippen LogP contribution is -2.47. The number of aromatic nitrogens is 3. The lowest BCUT2D eigenvalue weighted by atomic mass is 9.90. The van der Waals surface area contributed by atoms with Crippen molar-refractivity contribution < 1.29 is 23.7 Å². The number of primary amides is 1. The van der Waals surface area contributed by atoms with Crippen LogP contribution in [0.4, 0.5) is 5.82 Å². The highest BCUT2D eigenvalue weighted by molar-refractivity contribution is 6.02. The first-order valence-electron chi connectivity index (χ1n) is 14.5. The summed E-state index contributed by atoms with van der Waals surface area (Å²) >= 11 is 0. The maximum atomic E-state index is 12.5. The topological polar surface area (TPSA) is 136 Å². The second kappa shape index (κ2) is 12.9. The average molecular weight is 594 g/mol. The van der Waals surface area contributed by atoms with E-state index in [1.54, 1.807) is 10.6 Å². The minimum Gasteiger partial charge on any atom is -0.382 e. The Bertz CT molecular complexity index is 1700. The van der Waals surface area contributed by atoms with Crippen molar-refractivity contribution in [2.24, 2.45) is 5.73 Å². The standard InChI is InChI=1S/C34H35N5O5/c1-34(43-20-25-15-9-4-10-16-25)30(27-17-26(33(36)40)29-32(35)37-22-38-39(27)29)44-28(21-41-18-23-11-5-2-6-12-23)31(34)42-19-24-13-7-3-8-14-24/h2-17,22,28,30-31H,18-21H2,1H3,(H2,36,40)(H2,35,37,38)/t28-,30+,31-,34+/m1/s1. The van der Waals surface area contributed by atoms with E-state index in [9.17, 15) is 4.79 Å². The van der Waals surface area contributed by atoms with Crippen LogP contribution >= 0.6 is 0 Å². The molecule has 4 N–H and O–H groups in total. The van der Waals surface area contributed by atoms with E-state index in [0.29, 0.717) is 31.0 Å². The molecule has 5 aromatic rings. The van der Waals surface area contributed by atoms with E-state index in [4.69, 9.17) is 30.4 Å². The Balaban J connectivity index is 1.39. The fraction of sp³-hybridized carbons (Fsp3) is 0.265. The molecule has 6 rings (SSSR count). The van der Waals surface area contributed by atoms with Gasteiger partial charge in [-0.05, 0) is 29.7 Å². The van der Waals surface area contributed by atoms with Gasteiger partial charge in [-0.1, -0.05) is 91.0 Å². The minimum absolute atomic E-state index is 0.129. The Labute approximate surface area is 255 Å². The fourth-order valence-electron chi connectivity index (χ4n) is 5.73. The van der Waals surface area contributed by atoms with Crippen LogP contribution in [0.25, 0.3) is 5.52 Å². The molecule has 1 amide bonds. The zero-order chi connectivity index (χ0) is 30.5. The molecule has 10 nitrogen and oxygen atoms in total. The van der Waals surface area contributed by atoms with E-state index in [-0.39, 0.29) is 18.0 Å². The van der Waals surface area contributed by atoms with E-state index >= 15 is 0 Å². The van der Waals surface area contributed by atoms with Crippen LogP contribution < -0.4 is 11.5 Å². The molecular formula is C34H35N5O5. The summed E-state index contributed by atoms with van der Waals surface area (Å²) in [5.74, 6) is -0.524. The largest absolute Gasteiger partial charge is 0.382 e. The number of ether oxygens (including phenoxy) is 4. The van der Waals surface area contributed by atoms with Crippen molar-refractivity contribution in [3.05, 3.63) is 131 Å². The van der Waals surface area contributed by atoms with Crippen LogP contribution in [0.1, 0.15) is 45.8 Å². The van der Waals surface area contributed by atoms with Crippen LogP contribution in [0.3, 0.4) is 0 Å². The van der Waals surface area contributed by atoms with Gasteiger partial charge >= 0.3 is 0 Å². The lowest BCUT2D eigenvalue weighted by molar-refractivity contribution is -0.148. The van der Waals surface area contributed by atoms with Gasteiger partial charge in [-0.25, -0.2) is 9.50 Å². The maximum Gasteiger partial charge on any atom is 0.251 e. The molecule has 0 bridgehead atoms. The molecule has 1 fully saturated rings. The van der Waals surface area contributed by atoms with Gasteiger partial charge < -0.3 is 30.4 Å². The molecule has 10 heteroatoms. The van der Waals surface area contributed by atoms with E-state index < -0.39 is 29.8 Å². The highest BCUT2D eigenvalue weighted by atomic mass is 16.6. The molecule has 3 aromatic carbocycles. The molecule has 0 radical (unpaired) electrons. The summed E-state index contributed by atoms with van der Waals surface area (Å²) in [7, 11) is 0. The summed E-state index contributed by atoms with van der Waals surface area (Å²) in [6, 6.07) is 31.4. The molecule has 0 aliphatic carbocycles. The van der Waals surface area contributed by atoms with Crippen molar-refractivity contribution >= 4 is 17.2 Å². The van der Waals surface area contributed by atoms with Crippen molar-refractivity contribution in [2.45, 2.75) is 50.7 Å². The molecule has 1 aliphatic heterocycles. The summed E-state index contributed by atoms with van der Waals surface area (Å²) in [4.78, 5) is 16.6. The number of carbonyl (C=O) groups excluding carboxylic acids is 1. The number of anilines is 1. The number of nitrogens with zero attached hydrogens (tertiary/aromatic N) is 3. The van der Waals surface area contributed by atoms with Gasteiger partial charge in [0.25, 0.3) is 5.91 Å². The van der Waals surface area contributed by atoms with Crippen LogP contribution in [-0.2, 0) is 38.8 Å². The van der Waals surface area contributed by atoms with Gasteiger partial charge in [0.1, 0.15) is 35.8 Å². The number of nitrogens with two attached hydrogens (primary N) is 2. The molecule has 226 valence electrons. The van der Waals surface area contributed by atoms with E-state index in [2.05, 4.69) is 10.1 Å². The van der Waals surface area contributed by atoms with Crippen molar-refractivity contribution in [3.63, 3.8) is 0 Å². The van der Waals surface area contributed by atoms with Crippen molar-refractivity contribution in [1.29, 1.82) is 0 Å². The smallest absolute Gasteiger partial charge is 0.251 e. The van der Waals surface area contributed by atoms with Gasteiger partial charge in [0.2, 0.25) is 0 Å². The number of rotatable bonds is 12. The number of carbonyl (C=O) groups is 1. The Morgan fingerprint density at radius 3 is 2.11 bits per heavy atom. The first-order valence-corrected chi connectivity index (χ1v) is 14.5. The van der Waals surface area contributed by atoms with Gasteiger partial charge in [0, 0.05) is 0 Å². The van der Waals surface area contributed by atoms with E-state index in [1.165, 1.54) is 6.33 Å². The molecule has 1 aliphatic rings. The number of benzene rings is 3. The molecule has 0 unspecified atom stereocenters. The molecule has 2 aromatic heterocycles. The predicted molar refractivity (Wildman–Crippen MR) is 164 cm³/mol. The number of hydrogen-bond acceptors (Lipinski definition) is 8. The van der Waals surface area contributed by atoms with Gasteiger partial charge in [-0.3, -0.25) is 4.79 Å². The monoisotopic (exact) mass is 593 g/mol. The van der Waals surface area contributed by atoms with Crippen molar-refractivity contribution in [2.75, 3.05) is 12.3 Å². The predicted octanol–water partition coefficient (Wildman–Crippen LogP) is 4.63. The first kappa shape index (κ1) is 29.5. The van der Waals surface area contributed by atoms with E-state index in [1.807, 2.05) is 97.9 Å². The summed E-state index contributed by atoms with van der Waals surface area (Å²) in [6.45, 7) is 3.22.